The first-order valence-corrected chi connectivity index (χ1v) is 9.00. The Hall–Kier alpha value is -2.45. The number of carbonyl (C=O) groups excluding carboxylic acids is 1. The van der Waals surface area contributed by atoms with Gasteiger partial charge in [-0.3, -0.25) is 19.2 Å². The zero-order chi connectivity index (χ0) is 19.4. The van der Waals surface area contributed by atoms with E-state index in [1.807, 2.05) is 0 Å². The molecule has 0 radical (unpaired) electrons. The molecule has 27 heavy (non-hydrogen) atoms. The second-order valence-corrected chi connectivity index (χ2v) is 6.81. The van der Waals surface area contributed by atoms with E-state index in [4.69, 9.17) is 16.7 Å². The van der Waals surface area contributed by atoms with Crippen LogP contribution < -0.4 is 0 Å². The second-order valence-electron chi connectivity index (χ2n) is 6.40. The van der Waals surface area contributed by atoms with Crippen LogP contribution in [0.1, 0.15) is 22.3 Å². The van der Waals surface area contributed by atoms with Gasteiger partial charge in [0.25, 0.3) is 5.91 Å². The Morgan fingerprint density at radius 3 is 2.63 bits per heavy atom. The zero-order valence-electron chi connectivity index (χ0n) is 14.6. The number of hydrogen-bond acceptors (Lipinski definition) is 4. The maximum Gasteiger partial charge on any atom is 0.305 e. The van der Waals surface area contributed by atoms with Gasteiger partial charge in [0.2, 0.25) is 0 Å². The third-order valence-corrected chi connectivity index (χ3v) is 4.89. The van der Waals surface area contributed by atoms with Crippen LogP contribution >= 0.6 is 11.6 Å². The predicted octanol–water partition coefficient (Wildman–Crippen LogP) is 2.11. The van der Waals surface area contributed by atoms with E-state index >= 15 is 0 Å². The predicted molar refractivity (Wildman–Crippen MR) is 97.1 cm³/mol. The Balaban J connectivity index is 1.54. The number of carboxylic acid groups (broad SMARTS) is 1. The molecule has 1 amide bonds. The molecule has 1 aromatic heterocycles. The number of benzene rings is 1. The summed E-state index contributed by atoms with van der Waals surface area (Å²) < 4.78 is 15.4. The van der Waals surface area contributed by atoms with Crippen molar-refractivity contribution in [2.75, 3.05) is 26.2 Å². The SMILES string of the molecule is O=C(O)CCn1cc(C(=O)N2CCN(Cc3c(F)cccc3Cl)CC2)cn1. The summed E-state index contributed by atoms with van der Waals surface area (Å²) in [5, 5.41) is 13.1. The smallest absolute Gasteiger partial charge is 0.305 e. The minimum Gasteiger partial charge on any atom is -0.481 e. The van der Waals surface area contributed by atoms with Crippen molar-refractivity contribution < 1.29 is 19.1 Å². The summed E-state index contributed by atoms with van der Waals surface area (Å²) in [4.78, 5) is 27.0. The molecule has 0 spiro atoms. The number of carboxylic acids is 1. The van der Waals surface area contributed by atoms with Crippen LogP contribution in [0.3, 0.4) is 0 Å². The lowest BCUT2D eigenvalue weighted by Crippen LogP contribution is -2.48. The molecule has 144 valence electrons. The summed E-state index contributed by atoms with van der Waals surface area (Å²) in [6.45, 7) is 2.89. The first-order chi connectivity index (χ1) is 12.9. The Kier molecular flexibility index (Phi) is 6.08. The van der Waals surface area contributed by atoms with E-state index in [1.165, 1.54) is 16.9 Å². The molecule has 3 rings (SSSR count). The van der Waals surface area contributed by atoms with Gasteiger partial charge < -0.3 is 10.0 Å². The molecule has 1 aliphatic rings. The van der Waals surface area contributed by atoms with Gasteiger partial charge in [-0.2, -0.15) is 5.10 Å². The lowest BCUT2D eigenvalue weighted by Gasteiger charge is -2.34. The van der Waals surface area contributed by atoms with Gasteiger partial charge >= 0.3 is 5.97 Å². The number of carbonyl (C=O) groups is 2. The monoisotopic (exact) mass is 394 g/mol. The lowest BCUT2D eigenvalue weighted by atomic mass is 10.1. The Bertz CT molecular complexity index is 814. The van der Waals surface area contributed by atoms with E-state index in [-0.39, 0.29) is 24.7 Å². The summed E-state index contributed by atoms with van der Waals surface area (Å²) in [7, 11) is 0. The molecular formula is C18H20ClFN4O3. The van der Waals surface area contributed by atoms with E-state index in [0.717, 1.165) is 0 Å². The molecule has 2 heterocycles. The Labute approximate surface area is 160 Å². The maximum absolute atomic E-state index is 13.9. The van der Waals surface area contributed by atoms with E-state index in [1.54, 1.807) is 23.2 Å². The maximum atomic E-state index is 13.9. The van der Waals surface area contributed by atoms with Crippen LogP contribution in [0.4, 0.5) is 4.39 Å². The number of aromatic nitrogens is 2. The molecule has 7 nitrogen and oxygen atoms in total. The fourth-order valence-electron chi connectivity index (χ4n) is 3.01. The van der Waals surface area contributed by atoms with Crippen molar-refractivity contribution in [1.29, 1.82) is 0 Å². The van der Waals surface area contributed by atoms with Gasteiger partial charge in [-0.25, -0.2) is 4.39 Å². The molecular weight excluding hydrogens is 375 g/mol. The van der Waals surface area contributed by atoms with Crippen molar-refractivity contribution in [2.45, 2.75) is 19.5 Å². The minimum absolute atomic E-state index is 0.0490. The quantitative estimate of drug-likeness (QED) is 0.811. The highest BCUT2D eigenvalue weighted by Gasteiger charge is 2.24. The number of aliphatic carboxylic acids is 1. The van der Waals surface area contributed by atoms with Crippen LogP contribution in [-0.2, 0) is 17.9 Å². The molecule has 0 saturated carbocycles. The van der Waals surface area contributed by atoms with Crippen LogP contribution in [0, 0.1) is 5.82 Å². The van der Waals surface area contributed by atoms with E-state index in [9.17, 15) is 14.0 Å². The minimum atomic E-state index is -0.913. The molecule has 2 aromatic rings. The molecule has 9 heteroatoms. The highest BCUT2D eigenvalue weighted by Crippen LogP contribution is 2.21. The van der Waals surface area contributed by atoms with Gasteiger partial charge in [-0.15, -0.1) is 0 Å². The van der Waals surface area contributed by atoms with Gasteiger partial charge in [0.05, 0.1) is 24.7 Å². The molecule has 1 aliphatic heterocycles. The van der Waals surface area contributed by atoms with Gasteiger partial charge in [-0.05, 0) is 12.1 Å². The van der Waals surface area contributed by atoms with Crippen molar-refractivity contribution in [3.8, 4) is 0 Å². The third kappa shape index (κ3) is 4.84. The van der Waals surface area contributed by atoms with E-state index in [2.05, 4.69) is 10.00 Å². The van der Waals surface area contributed by atoms with E-state index in [0.29, 0.717) is 48.9 Å². The number of amides is 1. The number of aryl methyl sites for hydroxylation is 1. The summed E-state index contributed by atoms with van der Waals surface area (Å²) in [6, 6.07) is 4.64. The number of rotatable bonds is 6. The topological polar surface area (TPSA) is 78.7 Å². The average molecular weight is 395 g/mol. The summed E-state index contributed by atoms with van der Waals surface area (Å²) in [6.07, 6.45) is 2.97. The second kappa shape index (κ2) is 8.49. The van der Waals surface area contributed by atoms with Crippen molar-refractivity contribution in [3.63, 3.8) is 0 Å². The lowest BCUT2D eigenvalue weighted by molar-refractivity contribution is -0.137. The van der Waals surface area contributed by atoms with Crippen molar-refractivity contribution in [3.05, 3.63) is 52.6 Å². The summed E-state index contributed by atoms with van der Waals surface area (Å²) in [5.41, 5.74) is 0.907. The first-order valence-electron chi connectivity index (χ1n) is 8.63. The molecule has 1 fully saturated rings. The fourth-order valence-corrected chi connectivity index (χ4v) is 3.23. The van der Waals surface area contributed by atoms with Gasteiger partial charge in [0.1, 0.15) is 5.82 Å². The van der Waals surface area contributed by atoms with Crippen molar-refractivity contribution >= 4 is 23.5 Å². The Morgan fingerprint density at radius 2 is 1.96 bits per heavy atom. The van der Waals surface area contributed by atoms with Gasteiger partial charge in [0, 0.05) is 49.5 Å². The molecule has 0 unspecified atom stereocenters. The van der Waals surface area contributed by atoms with Crippen LogP contribution in [0.2, 0.25) is 5.02 Å². The van der Waals surface area contributed by atoms with Crippen LogP contribution in [-0.4, -0.2) is 62.7 Å². The zero-order valence-corrected chi connectivity index (χ0v) is 15.4. The highest BCUT2D eigenvalue weighted by atomic mass is 35.5. The van der Waals surface area contributed by atoms with Crippen molar-refractivity contribution in [2.24, 2.45) is 0 Å². The first kappa shape index (κ1) is 19.3. The molecule has 1 saturated heterocycles. The standard InChI is InChI=1S/C18H20ClFN4O3/c19-15-2-1-3-16(20)14(15)12-22-6-8-23(9-7-22)18(27)13-10-21-24(11-13)5-4-17(25)26/h1-3,10-11H,4-9,12H2,(H,25,26). The third-order valence-electron chi connectivity index (χ3n) is 4.54. The summed E-state index contributed by atoms with van der Waals surface area (Å²) in [5.74, 6) is -1.38. The van der Waals surface area contributed by atoms with Gasteiger partial charge in [-0.1, -0.05) is 17.7 Å². The number of piperazine rings is 1. The molecule has 0 atom stereocenters. The fraction of sp³-hybridized carbons (Fsp3) is 0.389. The van der Waals surface area contributed by atoms with Crippen LogP contribution in [0.15, 0.2) is 30.6 Å². The molecule has 0 aliphatic carbocycles. The largest absolute Gasteiger partial charge is 0.481 e. The van der Waals surface area contributed by atoms with Gasteiger partial charge in [0.15, 0.2) is 0 Å². The molecule has 1 aromatic carbocycles. The highest BCUT2D eigenvalue weighted by molar-refractivity contribution is 6.31. The average Bonchev–Trinajstić information content (AvgIpc) is 3.12. The summed E-state index contributed by atoms with van der Waals surface area (Å²) >= 11 is 6.08. The normalized spacial score (nSPS) is 15.1. The van der Waals surface area contributed by atoms with E-state index < -0.39 is 5.97 Å². The number of hydrogen-bond donors (Lipinski definition) is 1. The number of nitrogens with zero attached hydrogens (tertiary/aromatic N) is 4. The Morgan fingerprint density at radius 1 is 1.22 bits per heavy atom. The van der Waals surface area contributed by atoms with Crippen LogP contribution in [0.5, 0.6) is 0 Å². The number of halogens is 2. The molecule has 0 bridgehead atoms. The van der Waals surface area contributed by atoms with Crippen LogP contribution in [0.25, 0.3) is 0 Å². The van der Waals surface area contributed by atoms with Crippen molar-refractivity contribution in [1.82, 2.24) is 19.6 Å². The molecule has 1 N–H and O–H groups in total.